The van der Waals surface area contributed by atoms with Crippen molar-refractivity contribution in [3.05, 3.63) is 23.8 Å². The number of unbranched alkanes of at least 4 members (excludes halogenated alkanes) is 1. The Kier molecular flexibility index (Phi) is 6.60. The summed E-state index contributed by atoms with van der Waals surface area (Å²) in [7, 11) is 0. The average Bonchev–Trinajstić information content (AvgIpc) is 2.37. The summed E-state index contributed by atoms with van der Waals surface area (Å²) in [5.74, 6) is 0. The Hall–Kier alpha value is -1.20. The topological polar surface area (TPSA) is 61.4 Å². The van der Waals surface area contributed by atoms with E-state index in [1.54, 1.807) is 11.8 Å². The van der Waals surface area contributed by atoms with Gasteiger partial charge in [-0.3, -0.25) is 0 Å². The number of rotatable bonds is 6. The molecule has 0 aliphatic rings. The number of hydrogen-bond donors (Lipinski definition) is 3. The third-order valence-corrected chi connectivity index (χ3v) is 3.34. The number of hydrogen-bond acceptors (Lipinski definition) is 3. The maximum atomic E-state index is 11.7. The summed E-state index contributed by atoms with van der Waals surface area (Å²) >= 11 is 1.61. The standard InChI is InChI=1S/C13H20N2O2S/c1-10-6-5-7-11(18-2)12(10)15-13(17)14-8-3-4-9-16/h5-7,16H,3-4,8-9H2,1-2H3,(H2,14,15,17). The smallest absolute Gasteiger partial charge is 0.319 e. The van der Waals surface area contributed by atoms with Crippen LogP contribution in [-0.2, 0) is 0 Å². The van der Waals surface area contributed by atoms with Crippen LogP contribution in [0.2, 0.25) is 0 Å². The predicted octanol–water partition coefficient (Wildman–Crippen LogP) is 2.61. The summed E-state index contributed by atoms with van der Waals surface area (Å²) < 4.78 is 0. The zero-order valence-corrected chi connectivity index (χ0v) is 11.6. The van der Waals surface area contributed by atoms with E-state index in [1.165, 1.54) is 0 Å². The first kappa shape index (κ1) is 14.9. The van der Waals surface area contributed by atoms with Gasteiger partial charge in [-0.15, -0.1) is 11.8 Å². The lowest BCUT2D eigenvalue weighted by molar-refractivity contribution is 0.250. The second-order valence-electron chi connectivity index (χ2n) is 3.96. The van der Waals surface area contributed by atoms with Gasteiger partial charge < -0.3 is 15.7 Å². The Bertz CT molecular complexity index is 397. The minimum atomic E-state index is -0.197. The molecule has 0 spiro atoms. The molecule has 4 nitrogen and oxygen atoms in total. The fourth-order valence-electron chi connectivity index (χ4n) is 1.57. The molecule has 0 saturated heterocycles. The van der Waals surface area contributed by atoms with E-state index in [1.807, 2.05) is 31.4 Å². The molecule has 100 valence electrons. The van der Waals surface area contributed by atoms with E-state index in [4.69, 9.17) is 5.11 Å². The van der Waals surface area contributed by atoms with Crippen molar-refractivity contribution < 1.29 is 9.90 Å². The van der Waals surface area contributed by atoms with Crippen molar-refractivity contribution in [1.29, 1.82) is 0 Å². The fourth-order valence-corrected chi connectivity index (χ4v) is 2.20. The highest BCUT2D eigenvalue weighted by atomic mass is 32.2. The molecule has 0 bridgehead atoms. The van der Waals surface area contributed by atoms with Gasteiger partial charge in [0.05, 0.1) is 5.69 Å². The van der Waals surface area contributed by atoms with Crippen LogP contribution >= 0.6 is 11.8 Å². The number of aliphatic hydroxyl groups excluding tert-OH is 1. The minimum absolute atomic E-state index is 0.164. The van der Waals surface area contributed by atoms with E-state index in [0.29, 0.717) is 13.0 Å². The van der Waals surface area contributed by atoms with Crippen molar-refractivity contribution in [1.82, 2.24) is 5.32 Å². The monoisotopic (exact) mass is 268 g/mol. The first-order chi connectivity index (χ1) is 8.69. The van der Waals surface area contributed by atoms with E-state index in [0.717, 1.165) is 22.6 Å². The lowest BCUT2D eigenvalue weighted by atomic mass is 10.2. The third-order valence-electron chi connectivity index (χ3n) is 2.56. The third kappa shape index (κ3) is 4.58. The zero-order chi connectivity index (χ0) is 13.4. The van der Waals surface area contributed by atoms with Crippen molar-refractivity contribution in [2.75, 3.05) is 24.7 Å². The van der Waals surface area contributed by atoms with Gasteiger partial charge in [0.15, 0.2) is 0 Å². The van der Waals surface area contributed by atoms with Gasteiger partial charge >= 0.3 is 6.03 Å². The van der Waals surface area contributed by atoms with Crippen LogP contribution in [-0.4, -0.2) is 30.5 Å². The van der Waals surface area contributed by atoms with Gasteiger partial charge in [0.2, 0.25) is 0 Å². The lowest BCUT2D eigenvalue weighted by Gasteiger charge is -2.13. The molecule has 0 aliphatic carbocycles. The number of urea groups is 1. The number of amides is 2. The normalized spacial score (nSPS) is 10.2. The number of benzene rings is 1. The molecule has 0 unspecified atom stereocenters. The van der Waals surface area contributed by atoms with Crippen molar-refractivity contribution in [2.24, 2.45) is 0 Å². The van der Waals surface area contributed by atoms with Crippen LogP contribution in [0.1, 0.15) is 18.4 Å². The maximum absolute atomic E-state index is 11.7. The number of anilines is 1. The van der Waals surface area contributed by atoms with Gasteiger partial charge in [0, 0.05) is 18.0 Å². The molecule has 0 saturated carbocycles. The number of nitrogens with one attached hydrogen (secondary N) is 2. The first-order valence-electron chi connectivity index (χ1n) is 5.98. The molecule has 0 heterocycles. The highest BCUT2D eigenvalue weighted by molar-refractivity contribution is 7.98. The summed E-state index contributed by atoms with van der Waals surface area (Å²) in [5, 5.41) is 14.3. The van der Waals surface area contributed by atoms with E-state index in [9.17, 15) is 4.79 Å². The summed E-state index contributed by atoms with van der Waals surface area (Å²) in [6.07, 6.45) is 3.48. The van der Waals surface area contributed by atoms with Crippen LogP contribution in [0.15, 0.2) is 23.1 Å². The van der Waals surface area contributed by atoms with Crippen LogP contribution in [0, 0.1) is 6.92 Å². The molecule has 2 amide bonds. The Balaban J connectivity index is 2.53. The molecular formula is C13H20N2O2S. The Labute approximate surface area is 112 Å². The molecule has 0 atom stereocenters. The molecule has 18 heavy (non-hydrogen) atoms. The molecular weight excluding hydrogens is 248 g/mol. The minimum Gasteiger partial charge on any atom is -0.396 e. The van der Waals surface area contributed by atoms with Gasteiger partial charge in [0.25, 0.3) is 0 Å². The SMILES string of the molecule is CSc1cccc(C)c1NC(=O)NCCCCO. The largest absolute Gasteiger partial charge is 0.396 e. The van der Waals surface area contributed by atoms with Crippen LogP contribution < -0.4 is 10.6 Å². The highest BCUT2D eigenvalue weighted by Crippen LogP contribution is 2.28. The molecule has 1 rings (SSSR count). The Morgan fingerprint density at radius 2 is 2.17 bits per heavy atom. The summed E-state index contributed by atoms with van der Waals surface area (Å²) in [4.78, 5) is 12.8. The molecule has 0 aliphatic heterocycles. The number of para-hydroxylation sites is 1. The van der Waals surface area contributed by atoms with E-state index in [2.05, 4.69) is 10.6 Å². The summed E-state index contributed by atoms with van der Waals surface area (Å²) in [6.45, 7) is 2.71. The number of aryl methyl sites for hydroxylation is 1. The van der Waals surface area contributed by atoms with Crippen LogP contribution in [0.25, 0.3) is 0 Å². The lowest BCUT2D eigenvalue weighted by Crippen LogP contribution is -2.30. The fraction of sp³-hybridized carbons (Fsp3) is 0.462. The van der Waals surface area contributed by atoms with Gasteiger partial charge in [-0.2, -0.15) is 0 Å². The molecule has 1 aromatic carbocycles. The van der Waals surface area contributed by atoms with Crippen LogP contribution in [0.4, 0.5) is 10.5 Å². The van der Waals surface area contributed by atoms with Crippen molar-refractivity contribution in [3.63, 3.8) is 0 Å². The Morgan fingerprint density at radius 3 is 2.83 bits per heavy atom. The van der Waals surface area contributed by atoms with Crippen LogP contribution in [0.5, 0.6) is 0 Å². The molecule has 0 aromatic heterocycles. The number of carbonyl (C=O) groups is 1. The van der Waals surface area contributed by atoms with Crippen molar-refractivity contribution in [3.8, 4) is 0 Å². The Morgan fingerprint density at radius 1 is 1.39 bits per heavy atom. The number of aliphatic hydroxyl groups is 1. The predicted molar refractivity (Wildman–Crippen MR) is 76.3 cm³/mol. The van der Waals surface area contributed by atoms with Gasteiger partial charge in [-0.1, -0.05) is 12.1 Å². The molecule has 0 radical (unpaired) electrons. The zero-order valence-electron chi connectivity index (χ0n) is 10.8. The van der Waals surface area contributed by atoms with Crippen molar-refractivity contribution in [2.45, 2.75) is 24.7 Å². The molecule has 5 heteroatoms. The molecule has 3 N–H and O–H groups in total. The van der Waals surface area contributed by atoms with E-state index in [-0.39, 0.29) is 12.6 Å². The van der Waals surface area contributed by atoms with Gasteiger partial charge in [-0.05, 0) is 37.7 Å². The quantitative estimate of drug-likeness (QED) is 0.549. The van der Waals surface area contributed by atoms with Crippen LogP contribution in [0.3, 0.4) is 0 Å². The van der Waals surface area contributed by atoms with E-state index < -0.39 is 0 Å². The maximum Gasteiger partial charge on any atom is 0.319 e. The molecule has 1 aromatic rings. The number of thioether (sulfide) groups is 1. The van der Waals surface area contributed by atoms with Gasteiger partial charge in [0.1, 0.15) is 0 Å². The average molecular weight is 268 g/mol. The van der Waals surface area contributed by atoms with Gasteiger partial charge in [-0.25, -0.2) is 4.79 Å². The highest BCUT2D eigenvalue weighted by Gasteiger charge is 2.08. The van der Waals surface area contributed by atoms with E-state index >= 15 is 0 Å². The number of carbonyl (C=O) groups excluding carboxylic acids is 1. The molecule has 0 fully saturated rings. The summed E-state index contributed by atoms with van der Waals surface area (Å²) in [6, 6.07) is 5.74. The summed E-state index contributed by atoms with van der Waals surface area (Å²) in [5.41, 5.74) is 1.91. The first-order valence-corrected chi connectivity index (χ1v) is 7.21. The second kappa shape index (κ2) is 8.00. The van der Waals surface area contributed by atoms with Crippen molar-refractivity contribution >= 4 is 23.5 Å². The second-order valence-corrected chi connectivity index (χ2v) is 4.81.